The van der Waals surface area contributed by atoms with Crippen LogP contribution in [0.5, 0.6) is 0 Å². The average Bonchev–Trinajstić information content (AvgIpc) is 3.14. The van der Waals surface area contributed by atoms with Crippen LogP contribution in [0.3, 0.4) is 0 Å². The van der Waals surface area contributed by atoms with Crippen molar-refractivity contribution in [2.24, 2.45) is 0 Å². The number of nitrogens with zero attached hydrogens (tertiary/aromatic N) is 3. The molecule has 21 heavy (non-hydrogen) atoms. The van der Waals surface area contributed by atoms with Gasteiger partial charge in [-0.3, -0.25) is 0 Å². The van der Waals surface area contributed by atoms with Gasteiger partial charge in [-0.1, -0.05) is 18.2 Å². The average molecular weight is 285 g/mol. The maximum absolute atomic E-state index is 12.7. The van der Waals surface area contributed by atoms with E-state index >= 15 is 0 Å². The molecular formula is C16H19N3O2. The summed E-state index contributed by atoms with van der Waals surface area (Å²) < 4.78 is 9.00. The Labute approximate surface area is 123 Å². The van der Waals surface area contributed by atoms with Crippen molar-refractivity contribution in [2.45, 2.75) is 44.2 Å². The Morgan fingerprint density at radius 2 is 2.00 bits per heavy atom. The molecule has 0 N–H and O–H groups in total. The number of hydrogen-bond donors (Lipinski definition) is 0. The van der Waals surface area contributed by atoms with Gasteiger partial charge in [-0.05, 0) is 37.8 Å². The highest BCUT2D eigenvalue weighted by Gasteiger charge is 2.32. The quantitative estimate of drug-likeness (QED) is 0.864. The zero-order valence-electron chi connectivity index (χ0n) is 11.9. The Bertz CT molecular complexity index is 679. The van der Waals surface area contributed by atoms with Crippen molar-refractivity contribution in [3.8, 4) is 5.69 Å². The molecule has 4 rings (SSSR count). The first-order valence-electron chi connectivity index (χ1n) is 7.70. The van der Waals surface area contributed by atoms with Crippen LogP contribution in [0.15, 0.2) is 35.1 Å². The van der Waals surface area contributed by atoms with Gasteiger partial charge in [0.1, 0.15) is 5.82 Å². The summed E-state index contributed by atoms with van der Waals surface area (Å²) in [6.07, 6.45) is 4.48. The zero-order chi connectivity index (χ0) is 14.2. The van der Waals surface area contributed by atoms with Gasteiger partial charge in [0.05, 0.1) is 18.3 Å². The smallest absolute Gasteiger partial charge is 0.350 e. The predicted octanol–water partition coefficient (Wildman–Crippen LogP) is 2.09. The van der Waals surface area contributed by atoms with E-state index in [9.17, 15) is 4.79 Å². The lowest BCUT2D eigenvalue weighted by Gasteiger charge is -2.07. The van der Waals surface area contributed by atoms with Gasteiger partial charge >= 0.3 is 5.69 Å². The van der Waals surface area contributed by atoms with E-state index in [1.807, 2.05) is 30.3 Å². The van der Waals surface area contributed by atoms with Gasteiger partial charge in [-0.25, -0.2) is 14.0 Å². The van der Waals surface area contributed by atoms with E-state index < -0.39 is 0 Å². The lowest BCUT2D eigenvalue weighted by Crippen LogP contribution is -2.28. The van der Waals surface area contributed by atoms with Gasteiger partial charge in [-0.2, -0.15) is 5.10 Å². The van der Waals surface area contributed by atoms with E-state index in [1.165, 1.54) is 0 Å². The first-order valence-corrected chi connectivity index (χ1v) is 7.70. The van der Waals surface area contributed by atoms with Crippen LogP contribution >= 0.6 is 0 Å². The van der Waals surface area contributed by atoms with E-state index in [0.29, 0.717) is 12.5 Å². The Kier molecular flexibility index (Phi) is 3.15. The van der Waals surface area contributed by atoms with Crippen molar-refractivity contribution in [2.75, 3.05) is 6.61 Å². The predicted molar refractivity (Wildman–Crippen MR) is 78.8 cm³/mol. The number of benzene rings is 1. The Morgan fingerprint density at radius 3 is 2.67 bits per heavy atom. The second-order valence-electron chi connectivity index (χ2n) is 5.90. The van der Waals surface area contributed by atoms with Gasteiger partial charge in [-0.15, -0.1) is 0 Å². The third kappa shape index (κ3) is 2.42. The van der Waals surface area contributed by atoms with Gasteiger partial charge in [0.25, 0.3) is 0 Å². The largest absolute Gasteiger partial charge is 0.376 e. The molecule has 0 amide bonds. The molecule has 1 aliphatic carbocycles. The van der Waals surface area contributed by atoms with Crippen LogP contribution in [0.4, 0.5) is 0 Å². The van der Waals surface area contributed by atoms with Crippen molar-refractivity contribution in [3.63, 3.8) is 0 Å². The van der Waals surface area contributed by atoms with E-state index in [4.69, 9.17) is 4.74 Å². The SMILES string of the molecule is O=c1n(CC2CCCO2)nc(C2CC2)n1-c1ccccc1. The van der Waals surface area contributed by atoms with Crippen LogP contribution in [0.25, 0.3) is 5.69 Å². The van der Waals surface area contributed by atoms with Crippen molar-refractivity contribution in [1.82, 2.24) is 14.3 Å². The molecular weight excluding hydrogens is 266 g/mol. The molecule has 5 heteroatoms. The van der Waals surface area contributed by atoms with E-state index in [0.717, 1.165) is 43.8 Å². The number of para-hydroxylation sites is 1. The van der Waals surface area contributed by atoms with Crippen LogP contribution in [0, 0.1) is 0 Å². The first kappa shape index (κ1) is 12.8. The highest BCUT2D eigenvalue weighted by Crippen LogP contribution is 2.39. The summed E-state index contributed by atoms with van der Waals surface area (Å²) in [5.74, 6) is 1.34. The molecule has 1 aromatic heterocycles. The standard InChI is InChI=1S/C16H19N3O2/c20-16-18(11-14-7-4-10-21-14)17-15(12-8-9-12)19(16)13-5-2-1-3-6-13/h1-3,5-6,12,14H,4,7-11H2. The Balaban J connectivity index is 1.74. The van der Waals surface area contributed by atoms with Crippen molar-refractivity contribution >= 4 is 0 Å². The molecule has 0 spiro atoms. The number of aromatic nitrogens is 3. The monoisotopic (exact) mass is 285 g/mol. The Morgan fingerprint density at radius 1 is 1.19 bits per heavy atom. The summed E-state index contributed by atoms with van der Waals surface area (Å²) >= 11 is 0. The summed E-state index contributed by atoms with van der Waals surface area (Å²) in [6.45, 7) is 1.37. The minimum Gasteiger partial charge on any atom is -0.376 e. The van der Waals surface area contributed by atoms with E-state index in [2.05, 4.69) is 5.10 Å². The van der Waals surface area contributed by atoms with Crippen LogP contribution in [0.1, 0.15) is 37.4 Å². The molecule has 1 saturated carbocycles. The molecule has 0 bridgehead atoms. The van der Waals surface area contributed by atoms with Crippen LogP contribution in [0.2, 0.25) is 0 Å². The van der Waals surface area contributed by atoms with Crippen molar-refractivity contribution in [3.05, 3.63) is 46.6 Å². The Hall–Kier alpha value is -1.88. The maximum atomic E-state index is 12.7. The molecule has 1 unspecified atom stereocenters. The summed E-state index contributed by atoms with van der Waals surface area (Å²) in [4.78, 5) is 12.7. The fourth-order valence-electron chi connectivity index (χ4n) is 2.95. The summed E-state index contributed by atoms with van der Waals surface area (Å²) in [5, 5.41) is 4.60. The number of rotatable bonds is 4. The van der Waals surface area contributed by atoms with Gasteiger partial charge < -0.3 is 4.74 Å². The molecule has 1 aliphatic heterocycles. The molecule has 1 saturated heterocycles. The lowest BCUT2D eigenvalue weighted by atomic mass is 10.2. The second-order valence-corrected chi connectivity index (χ2v) is 5.90. The van der Waals surface area contributed by atoms with Crippen molar-refractivity contribution in [1.29, 1.82) is 0 Å². The fourth-order valence-corrected chi connectivity index (χ4v) is 2.95. The summed E-state index contributed by atoms with van der Waals surface area (Å²) in [6, 6.07) is 9.80. The van der Waals surface area contributed by atoms with E-state index in [1.54, 1.807) is 9.25 Å². The lowest BCUT2D eigenvalue weighted by molar-refractivity contribution is 0.0929. The van der Waals surface area contributed by atoms with Gasteiger partial charge in [0.15, 0.2) is 0 Å². The molecule has 2 fully saturated rings. The van der Waals surface area contributed by atoms with Crippen molar-refractivity contribution < 1.29 is 4.74 Å². The highest BCUT2D eigenvalue weighted by molar-refractivity contribution is 5.33. The molecule has 1 atom stereocenters. The third-order valence-corrected chi connectivity index (χ3v) is 4.22. The first-order chi connectivity index (χ1) is 10.3. The zero-order valence-corrected chi connectivity index (χ0v) is 11.9. The van der Waals surface area contributed by atoms with Gasteiger partial charge in [0, 0.05) is 12.5 Å². The second kappa shape index (κ2) is 5.15. The molecule has 1 aromatic carbocycles. The third-order valence-electron chi connectivity index (χ3n) is 4.22. The highest BCUT2D eigenvalue weighted by atomic mass is 16.5. The van der Waals surface area contributed by atoms with E-state index in [-0.39, 0.29) is 11.8 Å². The maximum Gasteiger partial charge on any atom is 0.350 e. The molecule has 0 radical (unpaired) electrons. The number of ether oxygens (including phenoxy) is 1. The fraction of sp³-hybridized carbons (Fsp3) is 0.500. The minimum atomic E-state index is -0.0430. The van der Waals surface area contributed by atoms with Crippen LogP contribution < -0.4 is 5.69 Å². The topological polar surface area (TPSA) is 49.1 Å². The molecule has 2 aromatic rings. The van der Waals surface area contributed by atoms with Crippen LogP contribution in [-0.2, 0) is 11.3 Å². The molecule has 2 aliphatic rings. The number of hydrogen-bond acceptors (Lipinski definition) is 3. The van der Waals surface area contributed by atoms with Gasteiger partial charge in [0.2, 0.25) is 0 Å². The summed E-state index contributed by atoms with van der Waals surface area (Å²) in [7, 11) is 0. The normalized spacial score (nSPS) is 21.8. The minimum absolute atomic E-state index is 0.0430. The molecule has 2 heterocycles. The summed E-state index contributed by atoms with van der Waals surface area (Å²) in [5.41, 5.74) is 0.863. The molecule has 5 nitrogen and oxygen atoms in total. The van der Waals surface area contributed by atoms with Crippen LogP contribution in [-0.4, -0.2) is 27.1 Å². The molecule has 110 valence electrons.